The third kappa shape index (κ3) is 3.23. The van der Waals surface area contributed by atoms with Crippen molar-refractivity contribution in [3.63, 3.8) is 0 Å². The van der Waals surface area contributed by atoms with Crippen molar-refractivity contribution < 1.29 is 27.4 Å². The van der Waals surface area contributed by atoms with Crippen molar-refractivity contribution in [3.8, 4) is 11.5 Å². The van der Waals surface area contributed by atoms with Crippen LogP contribution in [0.15, 0.2) is 6.20 Å². The molecule has 0 saturated heterocycles. The zero-order chi connectivity index (χ0) is 13.2. The van der Waals surface area contributed by atoms with Gasteiger partial charge in [-0.2, -0.15) is 0 Å². The third-order valence-corrected chi connectivity index (χ3v) is 2.01. The Bertz CT molecular complexity index is 448. The van der Waals surface area contributed by atoms with Gasteiger partial charge in [0.05, 0.1) is 19.0 Å². The molecule has 0 aromatic carbocycles. The number of methoxy groups -OCH3 is 1. The van der Waals surface area contributed by atoms with E-state index < -0.39 is 22.9 Å². The van der Waals surface area contributed by atoms with Gasteiger partial charge in [-0.05, 0) is 18.5 Å². The third-order valence-electron chi connectivity index (χ3n) is 1.82. The van der Waals surface area contributed by atoms with E-state index >= 15 is 0 Å². The summed E-state index contributed by atoms with van der Waals surface area (Å²) >= 11 is 5.19. The van der Waals surface area contributed by atoms with Gasteiger partial charge in [-0.3, -0.25) is 9.78 Å². The maximum Gasteiger partial charge on any atom is 0.573 e. The summed E-state index contributed by atoms with van der Waals surface area (Å²) in [5.74, 6) is -1.11. The highest BCUT2D eigenvalue weighted by molar-refractivity contribution is 6.68. The van der Waals surface area contributed by atoms with Crippen molar-refractivity contribution in [1.82, 2.24) is 4.98 Å². The van der Waals surface area contributed by atoms with Crippen molar-refractivity contribution in [2.24, 2.45) is 0 Å². The largest absolute Gasteiger partial charge is 0.573 e. The summed E-state index contributed by atoms with van der Waals surface area (Å²) < 4.78 is 44.9. The highest BCUT2D eigenvalue weighted by Gasteiger charge is 2.35. The molecular formula is C9H7ClF3NO3. The van der Waals surface area contributed by atoms with E-state index in [1.807, 2.05) is 0 Å². The fourth-order valence-electron chi connectivity index (χ4n) is 1.16. The van der Waals surface area contributed by atoms with Crippen LogP contribution in [-0.4, -0.2) is 23.7 Å². The molecule has 17 heavy (non-hydrogen) atoms. The van der Waals surface area contributed by atoms with E-state index in [-0.39, 0.29) is 11.4 Å². The number of carbonyl (C=O) groups is 1. The van der Waals surface area contributed by atoms with E-state index in [2.05, 4.69) is 14.5 Å². The Morgan fingerprint density at radius 2 is 2.06 bits per heavy atom. The van der Waals surface area contributed by atoms with E-state index in [4.69, 9.17) is 11.6 Å². The maximum atomic E-state index is 12.2. The lowest BCUT2D eigenvalue weighted by molar-refractivity contribution is -0.275. The molecule has 1 rings (SSSR count). The van der Waals surface area contributed by atoms with Crippen LogP contribution >= 0.6 is 11.6 Å². The molecule has 0 amide bonds. The molecule has 4 nitrogen and oxygen atoms in total. The van der Waals surface area contributed by atoms with E-state index in [0.29, 0.717) is 0 Å². The van der Waals surface area contributed by atoms with Gasteiger partial charge in [0.25, 0.3) is 5.24 Å². The predicted molar refractivity (Wildman–Crippen MR) is 52.4 cm³/mol. The Morgan fingerprint density at radius 3 is 2.47 bits per heavy atom. The highest BCUT2D eigenvalue weighted by Crippen LogP contribution is 2.36. The summed E-state index contributed by atoms with van der Waals surface area (Å²) in [6.45, 7) is 1.33. The second-order valence-electron chi connectivity index (χ2n) is 2.94. The van der Waals surface area contributed by atoms with E-state index in [9.17, 15) is 18.0 Å². The first-order chi connectivity index (χ1) is 7.76. The minimum atomic E-state index is -4.96. The molecular weight excluding hydrogens is 263 g/mol. The molecule has 0 atom stereocenters. The number of hydrogen-bond donors (Lipinski definition) is 0. The van der Waals surface area contributed by atoms with Crippen LogP contribution < -0.4 is 9.47 Å². The molecule has 0 aliphatic rings. The molecule has 0 spiro atoms. The predicted octanol–water partition coefficient (Wildman–Crippen LogP) is 2.68. The van der Waals surface area contributed by atoms with Crippen LogP contribution in [-0.2, 0) is 0 Å². The molecule has 8 heteroatoms. The number of rotatable bonds is 3. The molecule has 0 bridgehead atoms. The van der Waals surface area contributed by atoms with Gasteiger partial charge in [0, 0.05) is 0 Å². The number of nitrogens with zero attached hydrogens (tertiary/aromatic N) is 1. The number of carbonyl (C=O) groups excluding carboxylic acids is 1. The van der Waals surface area contributed by atoms with Gasteiger partial charge in [0.1, 0.15) is 5.56 Å². The summed E-state index contributed by atoms with van der Waals surface area (Å²) in [6, 6.07) is 0. The van der Waals surface area contributed by atoms with Gasteiger partial charge in [0.2, 0.25) is 0 Å². The van der Waals surface area contributed by atoms with Gasteiger partial charge in [-0.25, -0.2) is 0 Å². The molecule has 0 saturated carbocycles. The molecule has 0 N–H and O–H groups in total. The molecule has 0 aliphatic carbocycles. The summed E-state index contributed by atoms with van der Waals surface area (Å²) in [5.41, 5.74) is -0.451. The van der Waals surface area contributed by atoms with Crippen LogP contribution in [0.4, 0.5) is 13.2 Å². The van der Waals surface area contributed by atoms with Crippen LogP contribution in [0.2, 0.25) is 0 Å². The number of alkyl halides is 3. The molecule has 1 aromatic heterocycles. The van der Waals surface area contributed by atoms with Gasteiger partial charge in [-0.15, -0.1) is 13.2 Å². The first-order valence-electron chi connectivity index (χ1n) is 4.25. The Kier molecular flexibility index (Phi) is 3.82. The molecule has 0 unspecified atom stereocenters. The zero-order valence-electron chi connectivity index (χ0n) is 8.76. The molecule has 0 radical (unpaired) electrons. The lowest BCUT2D eigenvalue weighted by Crippen LogP contribution is -2.20. The topological polar surface area (TPSA) is 48.4 Å². The lowest BCUT2D eigenvalue weighted by Gasteiger charge is -2.15. The molecule has 0 aliphatic heterocycles. The minimum absolute atomic E-state index is 0.0186. The van der Waals surface area contributed by atoms with Crippen molar-refractivity contribution >= 4 is 16.8 Å². The van der Waals surface area contributed by atoms with Gasteiger partial charge >= 0.3 is 6.36 Å². The second kappa shape index (κ2) is 4.79. The van der Waals surface area contributed by atoms with Crippen LogP contribution in [0.3, 0.4) is 0 Å². The van der Waals surface area contributed by atoms with Gasteiger partial charge in [-0.1, -0.05) is 0 Å². The van der Waals surface area contributed by atoms with Crippen LogP contribution in [0, 0.1) is 6.92 Å². The average molecular weight is 270 g/mol. The molecule has 0 fully saturated rings. The first-order valence-corrected chi connectivity index (χ1v) is 4.63. The smallest absolute Gasteiger partial charge is 0.491 e. The van der Waals surface area contributed by atoms with Crippen LogP contribution in [0.25, 0.3) is 0 Å². The lowest BCUT2D eigenvalue weighted by atomic mass is 10.2. The number of hydrogen-bond acceptors (Lipinski definition) is 4. The van der Waals surface area contributed by atoms with E-state index in [1.54, 1.807) is 0 Å². The van der Waals surface area contributed by atoms with Crippen molar-refractivity contribution in [3.05, 3.63) is 17.5 Å². The summed E-state index contributed by atoms with van der Waals surface area (Å²) in [4.78, 5) is 14.7. The van der Waals surface area contributed by atoms with Crippen LogP contribution in [0.5, 0.6) is 11.5 Å². The quantitative estimate of drug-likeness (QED) is 0.792. The fraction of sp³-hybridized carbons (Fsp3) is 0.333. The number of aryl methyl sites for hydroxylation is 1. The highest BCUT2D eigenvalue weighted by atomic mass is 35.5. The Morgan fingerprint density at radius 1 is 1.47 bits per heavy atom. The molecule has 1 aromatic rings. The van der Waals surface area contributed by atoms with E-state index in [0.717, 1.165) is 13.3 Å². The SMILES string of the molecule is COc1cnc(C)c(C(=O)Cl)c1OC(F)(F)F. The van der Waals surface area contributed by atoms with E-state index in [1.165, 1.54) is 6.92 Å². The Balaban J connectivity index is 3.40. The van der Waals surface area contributed by atoms with Crippen molar-refractivity contribution in [1.29, 1.82) is 0 Å². The van der Waals surface area contributed by atoms with Crippen molar-refractivity contribution in [2.75, 3.05) is 7.11 Å². The Hall–Kier alpha value is -1.50. The summed E-state index contributed by atoms with van der Waals surface area (Å²) in [6.07, 6.45) is -3.94. The average Bonchev–Trinajstić information content (AvgIpc) is 2.15. The maximum absolute atomic E-state index is 12.2. The first kappa shape index (κ1) is 13.6. The number of halogens is 4. The zero-order valence-corrected chi connectivity index (χ0v) is 9.52. The summed E-state index contributed by atoms with van der Waals surface area (Å²) in [5, 5.41) is -1.10. The second-order valence-corrected chi connectivity index (χ2v) is 3.28. The fourth-order valence-corrected chi connectivity index (χ4v) is 1.38. The minimum Gasteiger partial charge on any atom is -0.491 e. The van der Waals surface area contributed by atoms with Gasteiger partial charge < -0.3 is 9.47 Å². The standard InChI is InChI=1S/C9H7ClF3NO3/c1-4-6(8(10)15)7(17-9(11,12)13)5(16-2)3-14-4/h3H,1-2H3. The molecule has 94 valence electrons. The van der Waals surface area contributed by atoms with Gasteiger partial charge in [0.15, 0.2) is 11.5 Å². The number of aromatic nitrogens is 1. The number of pyridine rings is 1. The normalized spacial score (nSPS) is 11.2. The van der Waals surface area contributed by atoms with Crippen molar-refractivity contribution in [2.45, 2.75) is 13.3 Å². The number of ether oxygens (including phenoxy) is 2. The molecule has 1 heterocycles. The summed E-state index contributed by atoms with van der Waals surface area (Å²) in [7, 11) is 1.12. The van der Waals surface area contributed by atoms with Crippen LogP contribution in [0.1, 0.15) is 16.1 Å². The monoisotopic (exact) mass is 269 g/mol. The Labute approximate surface area is 99.3 Å².